The third-order valence-electron chi connectivity index (χ3n) is 3.97. The zero-order valence-corrected chi connectivity index (χ0v) is 16.5. The quantitative estimate of drug-likeness (QED) is 0.294. The third-order valence-corrected chi connectivity index (χ3v) is 3.97. The fourth-order valence-electron chi connectivity index (χ4n) is 2.99. The Balaban J connectivity index is 0.00000144. The molecule has 0 amide bonds. The summed E-state index contributed by atoms with van der Waals surface area (Å²) in [6.45, 7) is 0. The maximum atomic E-state index is 10.4. The van der Waals surface area contributed by atoms with Crippen LogP contribution in [0.3, 0.4) is 0 Å². The molecule has 1 N–H and O–H groups in total. The molecular weight excluding hydrogens is 340 g/mol. The van der Waals surface area contributed by atoms with E-state index in [-0.39, 0.29) is 44.0 Å². The van der Waals surface area contributed by atoms with Gasteiger partial charge >= 0.3 is 21.7 Å². The van der Waals surface area contributed by atoms with E-state index in [2.05, 4.69) is 36.4 Å². The van der Waals surface area contributed by atoms with Crippen molar-refractivity contribution in [3.63, 3.8) is 0 Å². The summed E-state index contributed by atoms with van der Waals surface area (Å²) in [7, 11) is 0. The van der Waals surface area contributed by atoms with E-state index in [0.717, 1.165) is 27.3 Å². The number of hydrogen-bond donors (Lipinski definition) is 1. The SMILES string of the molecule is Oc1ccc2ccccc2c1-c1cccc2ccccc12.[CH3-].[CH3-].[CH3-].[Ti+3]. The number of phenols is 1. The van der Waals surface area contributed by atoms with E-state index in [4.69, 9.17) is 0 Å². The van der Waals surface area contributed by atoms with Crippen molar-refractivity contribution < 1.29 is 26.8 Å². The number of rotatable bonds is 1. The van der Waals surface area contributed by atoms with E-state index >= 15 is 0 Å². The molecular formula is C23H23OTi. The summed E-state index contributed by atoms with van der Waals surface area (Å²) in [6.07, 6.45) is 0. The van der Waals surface area contributed by atoms with Gasteiger partial charge in [-0.25, -0.2) is 0 Å². The van der Waals surface area contributed by atoms with Gasteiger partial charge in [-0.05, 0) is 33.2 Å². The molecule has 1 radical (unpaired) electrons. The Kier molecular flexibility index (Phi) is 8.63. The maximum absolute atomic E-state index is 10.4. The van der Waals surface area contributed by atoms with Crippen molar-refractivity contribution in [3.05, 3.63) is 101 Å². The van der Waals surface area contributed by atoms with Crippen molar-refractivity contribution in [1.82, 2.24) is 0 Å². The molecule has 0 aromatic heterocycles. The molecule has 0 aliphatic heterocycles. The Bertz CT molecular complexity index is 955. The summed E-state index contributed by atoms with van der Waals surface area (Å²) in [5.41, 5.74) is 1.98. The Morgan fingerprint density at radius 1 is 0.520 bits per heavy atom. The Morgan fingerprint density at radius 3 is 1.72 bits per heavy atom. The molecule has 4 rings (SSSR count). The zero-order valence-electron chi connectivity index (χ0n) is 15.0. The fourth-order valence-corrected chi connectivity index (χ4v) is 2.99. The first-order chi connectivity index (χ1) is 10.3. The van der Waals surface area contributed by atoms with E-state index in [1.54, 1.807) is 6.07 Å². The molecule has 0 heterocycles. The second-order valence-electron chi connectivity index (χ2n) is 5.21. The van der Waals surface area contributed by atoms with Crippen molar-refractivity contribution in [2.75, 3.05) is 0 Å². The van der Waals surface area contributed by atoms with Gasteiger partial charge in [-0.3, -0.25) is 0 Å². The van der Waals surface area contributed by atoms with Crippen molar-refractivity contribution in [2.45, 2.75) is 0 Å². The van der Waals surface area contributed by atoms with Gasteiger partial charge in [-0.15, -0.1) is 0 Å². The number of benzene rings is 4. The van der Waals surface area contributed by atoms with Crippen LogP contribution in [0.15, 0.2) is 78.9 Å². The third kappa shape index (κ3) is 3.95. The first-order valence-electron chi connectivity index (χ1n) is 7.03. The van der Waals surface area contributed by atoms with Gasteiger partial charge in [0, 0.05) is 5.56 Å². The molecule has 0 unspecified atom stereocenters. The molecule has 0 fully saturated rings. The molecule has 0 atom stereocenters. The van der Waals surface area contributed by atoms with Crippen LogP contribution in [-0.2, 0) is 21.7 Å². The summed E-state index contributed by atoms with van der Waals surface area (Å²) >= 11 is 0. The molecule has 25 heavy (non-hydrogen) atoms. The molecule has 125 valence electrons. The van der Waals surface area contributed by atoms with Crippen LogP contribution in [0.1, 0.15) is 0 Å². The normalized spacial score (nSPS) is 9.28. The van der Waals surface area contributed by atoms with E-state index in [1.807, 2.05) is 36.4 Å². The predicted molar refractivity (Wildman–Crippen MR) is 108 cm³/mol. The minimum absolute atomic E-state index is 0. The Hall–Kier alpha value is -2.09. The molecule has 0 aliphatic carbocycles. The van der Waals surface area contributed by atoms with Crippen LogP contribution in [-0.4, -0.2) is 5.11 Å². The van der Waals surface area contributed by atoms with Crippen molar-refractivity contribution in [3.8, 4) is 16.9 Å². The fraction of sp³-hybridized carbons (Fsp3) is 0. The van der Waals surface area contributed by atoms with E-state index in [1.165, 1.54) is 5.39 Å². The molecule has 0 bridgehead atoms. The zero-order chi connectivity index (χ0) is 14.2. The van der Waals surface area contributed by atoms with Gasteiger partial charge in [-0.2, -0.15) is 0 Å². The summed E-state index contributed by atoms with van der Waals surface area (Å²) in [4.78, 5) is 0. The van der Waals surface area contributed by atoms with E-state index < -0.39 is 0 Å². The first kappa shape index (κ1) is 22.9. The van der Waals surface area contributed by atoms with Gasteiger partial charge in [0.15, 0.2) is 0 Å². The first-order valence-corrected chi connectivity index (χ1v) is 7.03. The van der Waals surface area contributed by atoms with Crippen molar-refractivity contribution in [2.24, 2.45) is 0 Å². The summed E-state index contributed by atoms with van der Waals surface area (Å²) in [6, 6.07) is 26.4. The van der Waals surface area contributed by atoms with Crippen molar-refractivity contribution in [1.29, 1.82) is 0 Å². The average molecular weight is 363 g/mol. The Morgan fingerprint density at radius 2 is 1.04 bits per heavy atom. The minimum atomic E-state index is 0. The topological polar surface area (TPSA) is 20.2 Å². The number of hydrogen-bond acceptors (Lipinski definition) is 1. The molecule has 0 saturated heterocycles. The molecule has 1 nitrogen and oxygen atoms in total. The van der Waals surface area contributed by atoms with Crippen LogP contribution in [0.25, 0.3) is 32.7 Å². The second-order valence-corrected chi connectivity index (χ2v) is 5.21. The van der Waals surface area contributed by atoms with Crippen LogP contribution < -0.4 is 0 Å². The van der Waals surface area contributed by atoms with Gasteiger partial charge in [0.05, 0.1) is 0 Å². The van der Waals surface area contributed by atoms with Gasteiger partial charge < -0.3 is 27.4 Å². The van der Waals surface area contributed by atoms with E-state index in [9.17, 15) is 5.11 Å². The van der Waals surface area contributed by atoms with Crippen LogP contribution in [0, 0.1) is 22.3 Å². The maximum Gasteiger partial charge on any atom is 3.00 e. The number of fused-ring (bicyclic) bond motifs is 2. The Labute approximate surface area is 166 Å². The van der Waals surface area contributed by atoms with Gasteiger partial charge in [0.25, 0.3) is 0 Å². The van der Waals surface area contributed by atoms with Gasteiger partial charge in [0.1, 0.15) is 5.75 Å². The number of phenolic OH excluding ortho intramolecular Hbond substituents is 1. The van der Waals surface area contributed by atoms with Crippen molar-refractivity contribution >= 4 is 21.5 Å². The molecule has 4 aromatic carbocycles. The molecule has 0 spiro atoms. The predicted octanol–water partition coefficient (Wildman–Crippen LogP) is 6.71. The van der Waals surface area contributed by atoms with Crippen LogP contribution in [0.4, 0.5) is 0 Å². The number of aromatic hydroxyl groups is 1. The second kappa shape index (κ2) is 9.41. The average Bonchev–Trinajstić information content (AvgIpc) is 2.54. The van der Waals surface area contributed by atoms with Gasteiger partial charge in [0.2, 0.25) is 0 Å². The molecule has 2 heteroatoms. The van der Waals surface area contributed by atoms with E-state index in [0.29, 0.717) is 5.75 Å². The summed E-state index contributed by atoms with van der Waals surface area (Å²) in [5, 5.41) is 15.0. The minimum Gasteiger partial charge on any atom is -0.507 e. The smallest absolute Gasteiger partial charge is 0.507 e. The van der Waals surface area contributed by atoms with Crippen LogP contribution in [0.2, 0.25) is 0 Å². The van der Waals surface area contributed by atoms with Crippen LogP contribution in [0.5, 0.6) is 5.75 Å². The standard InChI is InChI=1S/C20H14O.3CH3.Ti/c21-19-13-12-15-7-2-4-10-17(15)20(19)18-11-5-8-14-6-1-3-9-16(14)18;;;;/h1-13,21H;3*1H3;/q;3*-1;+3. The molecule has 0 saturated carbocycles. The van der Waals surface area contributed by atoms with Crippen LogP contribution >= 0.6 is 0 Å². The summed E-state index contributed by atoms with van der Waals surface area (Å²) in [5.74, 6) is 0.324. The molecule has 4 aromatic rings. The molecule has 0 aliphatic rings. The van der Waals surface area contributed by atoms with Gasteiger partial charge in [-0.1, -0.05) is 72.8 Å². The summed E-state index contributed by atoms with van der Waals surface area (Å²) < 4.78 is 0. The monoisotopic (exact) mass is 363 g/mol. The largest absolute Gasteiger partial charge is 3.00 e.